The largest absolute Gasteiger partial charge is 0.467 e. The second kappa shape index (κ2) is 7.79. The van der Waals surface area contributed by atoms with Gasteiger partial charge in [0.1, 0.15) is 5.60 Å². The van der Waals surface area contributed by atoms with Gasteiger partial charge >= 0.3 is 12.1 Å². The number of ether oxygens (including phenoxy) is 3. The summed E-state index contributed by atoms with van der Waals surface area (Å²) in [6.45, 7) is 5.29. The summed E-state index contributed by atoms with van der Waals surface area (Å²) in [7, 11) is 2.65. The Kier molecular flexibility index (Phi) is 6.37. The maximum Gasteiger partial charge on any atom is 0.408 e. The molecule has 0 unspecified atom stereocenters. The lowest BCUT2D eigenvalue weighted by Crippen LogP contribution is -2.43. The third-order valence-corrected chi connectivity index (χ3v) is 2.82. The van der Waals surface area contributed by atoms with Gasteiger partial charge in [0.25, 0.3) is 0 Å². The van der Waals surface area contributed by atoms with E-state index in [-0.39, 0.29) is 0 Å². The first kappa shape index (κ1) is 18.0. The van der Waals surface area contributed by atoms with Crippen molar-refractivity contribution >= 4 is 12.1 Å². The van der Waals surface area contributed by atoms with E-state index in [9.17, 15) is 9.59 Å². The van der Waals surface area contributed by atoms with Gasteiger partial charge in [-0.2, -0.15) is 0 Å². The van der Waals surface area contributed by atoms with Crippen LogP contribution in [-0.4, -0.2) is 38.0 Å². The van der Waals surface area contributed by atoms with Gasteiger partial charge in [0.2, 0.25) is 0 Å². The Morgan fingerprint density at radius 2 is 1.68 bits per heavy atom. The van der Waals surface area contributed by atoms with Gasteiger partial charge in [-0.1, -0.05) is 30.3 Å². The second-order valence-electron chi connectivity index (χ2n) is 5.71. The van der Waals surface area contributed by atoms with Crippen LogP contribution in [0.5, 0.6) is 0 Å². The summed E-state index contributed by atoms with van der Waals surface area (Å²) in [6.07, 6.45) is -1.60. The third kappa shape index (κ3) is 5.37. The van der Waals surface area contributed by atoms with E-state index in [1.54, 1.807) is 32.9 Å². The molecule has 0 aliphatic carbocycles. The minimum atomic E-state index is -0.972. The molecule has 0 fully saturated rings. The van der Waals surface area contributed by atoms with E-state index < -0.39 is 29.8 Å². The molecule has 0 aromatic heterocycles. The van der Waals surface area contributed by atoms with E-state index in [2.05, 4.69) is 5.32 Å². The normalized spacial score (nSPS) is 13.9. The van der Waals surface area contributed by atoms with Crippen molar-refractivity contribution in [3.63, 3.8) is 0 Å². The highest BCUT2D eigenvalue weighted by Crippen LogP contribution is 2.21. The number of rotatable bonds is 5. The molecule has 0 heterocycles. The molecule has 0 saturated carbocycles. The van der Waals surface area contributed by atoms with Gasteiger partial charge in [-0.25, -0.2) is 9.59 Å². The van der Waals surface area contributed by atoms with Gasteiger partial charge in [-0.15, -0.1) is 0 Å². The van der Waals surface area contributed by atoms with Gasteiger partial charge in [-0.3, -0.25) is 0 Å². The Bertz CT molecular complexity index is 495. The van der Waals surface area contributed by atoms with Gasteiger partial charge in [0.05, 0.1) is 13.2 Å². The number of methoxy groups -OCH3 is 2. The zero-order valence-electron chi connectivity index (χ0n) is 13.6. The van der Waals surface area contributed by atoms with Crippen molar-refractivity contribution in [1.82, 2.24) is 5.32 Å². The molecule has 22 heavy (non-hydrogen) atoms. The number of benzene rings is 1. The fourth-order valence-electron chi connectivity index (χ4n) is 1.91. The molecule has 0 aliphatic heterocycles. The first-order valence-electron chi connectivity index (χ1n) is 6.93. The summed E-state index contributed by atoms with van der Waals surface area (Å²) in [5, 5.41) is 2.67. The molecule has 1 N–H and O–H groups in total. The SMILES string of the molecule is COC(=O)[C@H](OC)[C@@H](NC(=O)OC(C)(C)C)c1ccccc1. The molecule has 6 nitrogen and oxygen atoms in total. The number of amides is 1. The van der Waals surface area contributed by atoms with E-state index >= 15 is 0 Å². The van der Waals surface area contributed by atoms with Crippen LogP contribution < -0.4 is 5.32 Å². The summed E-state index contributed by atoms with van der Waals surface area (Å²) in [5.41, 5.74) is 0.0738. The number of carbonyl (C=O) groups is 2. The average Bonchev–Trinajstić information content (AvgIpc) is 2.45. The Morgan fingerprint density at radius 1 is 1.09 bits per heavy atom. The second-order valence-corrected chi connectivity index (χ2v) is 5.71. The van der Waals surface area contributed by atoms with Crippen molar-refractivity contribution in [2.75, 3.05) is 14.2 Å². The topological polar surface area (TPSA) is 73.9 Å². The molecule has 1 rings (SSSR count). The number of esters is 1. The highest BCUT2D eigenvalue weighted by molar-refractivity contribution is 5.77. The standard InChI is InChI=1S/C16H23NO5/c1-16(2,3)22-15(19)17-12(11-9-7-6-8-10-11)13(20-4)14(18)21-5/h6-10,12-13H,1-5H3,(H,17,19)/t12-,13+/m0/s1. The van der Waals surface area contributed by atoms with Crippen molar-refractivity contribution in [2.45, 2.75) is 38.5 Å². The number of carbonyl (C=O) groups excluding carboxylic acids is 2. The monoisotopic (exact) mass is 309 g/mol. The van der Waals surface area contributed by atoms with Crippen LogP contribution in [0, 0.1) is 0 Å². The fourth-order valence-corrected chi connectivity index (χ4v) is 1.91. The third-order valence-electron chi connectivity index (χ3n) is 2.82. The lowest BCUT2D eigenvalue weighted by atomic mass is 10.0. The number of alkyl carbamates (subject to hydrolysis) is 1. The molecule has 122 valence electrons. The van der Waals surface area contributed by atoms with Gasteiger partial charge in [-0.05, 0) is 26.3 Å². The van der Waals surface area contributed by atoms with Crippen molar-refractivity contribution < 1.29 is 23.8 Å². The van der Waals surface area contributed by atoms with E-state index in [1.807, 2.05) is 18.2 Å². The molecule has 0 aliphatic rings. The molecular weight excluding hydrogens is 286 g/mol. The summed E-state index contributed by atoms with van der Waals surface area (Å²) >= 11 is 0. The maximum atomic E-state index is 12.0. The van der Waals surface area contributed by atoms with Crippen LogP contribution in [0.2, 0.25) is 0 Å². The van der Waals surface area contributed by atoms with E-state index in [0.29, 0.717) is 5.56 Å². The van der Waals surface area contributed by atoms with Crippen LogP contribution in [0.1, 0.15) is 32.4 Å². The van der Waals surface area contributed by atoms with Crippen LogP contribution >= 0.6 is 0 Å². The van der Waals surface area contributed by atoms with Gasteiger partial charge in [0, 0.05) is 7.11 Å². The van der Waals surface area contributed by atoms with Crippen LogP contribution in [0.4, 0.5) is 4.79 Å². The Morgan fingerprint density at radius 3 is 2.14 bits per heavy atom. The molecule has 1 aromatic carbocycles. The number of nitrogens with one attached hydrogen (secondary N) is 1. The predicted octanol–water partition coefficient (Wildman–Crippen LogP) is 2.44. The molecule has 6 heteroatoms. The summed E-state index contributed by atoms with van der Waals surface area (Å²) in [6, 6.07) is 8.32. The molecular formula is C16H23NO5. The Balaban J connectivity index is 3.02. The van der Waals surface area contributed by atoms with Crippen LogP contribution in [0.15, 0.2) is 30.3 Å². The van der Waals surface area contributed by atoms with E-state index in [0.717, 1.165) is 0 Å². The zero-order chi connectivity index (χ0) is 16.8. The lowest BCUT2D eigenvalue weighted by molar-refractivity contribution is -0.154. The minimum absolute atomic E-state index is 0.576. The fraction of sp³-hybridized carbons (Fsp3) is 0.500. The summed E-state index contributed by atoms with van der Waals surface area (Å²) in [5.74, 6) is -0.576. The summed E-state index contributed by atoms with van der Waals surface area (Å²) in [4.78, 5) is 23.9. The van der Waals surface area contributed by atoms with Crippen molar-refractivity contribution in [1.29, 1.82) is 0 Å². The lowest BCUT2D eigenvalue weighted by Gasteiger charge is -2.27. The van der Waals surface area contributed by atoms with Crippen LogP contribution in [0.3, 0.4) is 0 Å². The molecule has 1 amide bonds. The number of hydrogen-bond acceptors (Lipinski definition) is 5. The average molecular weight is 309 g/mol. The first-order valence-corrected chi connectivity index (χ1v) is 6.93. The first-order chi connectivity index (χ1) is 10.3. The molecule has 0 saturated heterocycles. The van der Waals surface area contributed by atoms with E-state index in [1.165, 1.54) is 14.2 Å². The quantitative estimate of drug-likeness (QED) is 0.846. The maximum absolute atomic E-state index is 12.0. The van der Waals surface area contributed by atoms with Gasteiger partial charge < -0.3 is 19.5 Å². The molecule has 0 radical (unpaired) electrons. The summed E-state index contributed by atoms with van der Waals surface area (Å²) < 4.78 is 15.2. The minimum Gasteiger partial charge on any atom is -0.467 e. The Labute approximate surface area is 130 Å². The zero-order valence-corrected chi connectivity index (χ0v) is 13.6. The van der Waals surface area contributed by atoms with Crippen molar-refractivity contribution in [3.8, 4) is 0 Å². The van der Waals surface area contributed by atoms with E-state index in [4.69, 9.17) is 14.2 Å². The molecule has 0 spiro atoms. The van der Waals surface area contributed by atoms with Crippen LogP contribution in [0.25, 0.3) is 0 Å². The Hall–Kier alpha value is -2.08. The van der Waals surface area contributed by atoms with Crippen molar-refractivity contribution in [2.24, 2.45) is 0 Å². The smallest absolute Gasteiger partial charge is 0.408 e. The highest BCUT2D eigenvalue weighted by Gasteiger charge is 2.33. The molecule has 0 bridgehead atoms. The van der Waals surface area contributed by atoms with Gasteiger partial charge in [0.15, 0.2) is 6.10 Å². The number of hydrogen-bond donors (Lipinski definition) is 1. The predicted molar refractivity (Wildman–Crippen MR) is 81.4 cm³/mol. The molecule has 2 atom stereocenters. The van der Waals surface area contributed by atoms with Crippen molar-refractivity contribution in [3.05, 3.63) is 35.9 Å². The highest BCUT2D eigenvalue weighted by atomic mass is 16.6. The molecule has 1 aromatic rings. The van der Waals surface area contributed by atoms with Crippen LogP contribution in [-0.2, 0) is 19.0 Å².